The van der Waals surface area contributed by atoms with Gasteiger partial charge in [0.25, 0.3) is 0 Å². The van der Waals surface area contributed by atoms with Crippen molar-refractivity contribution in [3.63, 3.8) is 0 Å². The van der Waals surface area contributed by atoms with Gasteiger partial charge in [0.2, 0.25) is 0 Å². The van der Waals surface area contributed by atoms with E-state index in [2.05, 4.69) is 5.32 Å². The summed E-state index contributed by atoms with van der Waals surface area (Å²) in [7, 11) is 0.285. The number of nitrogens with zero attached hydrogens (tertiary/aromatic N) is 1. The maximum absolute atomic E-state index is 13.4. The van der Waals surface area contributed by atoms with Crippen LogP contribution < -0.4 is 10.1 Å². The number of ether oxygens (including phenoxy) is 1. The van der Waals surface area contributed by atoms with E-state index >= 15 is 0 Å². The van der Waals surface area contributed by atoms with Gasteiger partial charge in [0, 0.05) is 46.5 Å². The lowest BCUT2D eigenvalue weighted by atomic mass is 10.1. The van der Waals surface area contributed by atoms with Crippen molar-refractivity contribution in [3.05, 3.63) is 23.8 Å². The maximum atomic E-state index is 13.4. The lowest BCUT2D eigenvalue weighted by Gasteiger charge is -2.23. The van der Waals surface area contributed by atoms with Gasteiger partial charge in [-0.25, -0.2) is 13.6 Å². The number of hydrogen-bond acceptors (Lipinski definition) is 3. The van der Waals surface area contributed by atoms with Crippen LogP contribution in [-0.4, -0.2) is 45.8 Å². The number of anilines is 1. The van der Waals surface area contributed by atoms with Gasteiger partial charge in [-0.1, -0.05) is 0 Å². The second-order valence-corrected chi connectivity index (χ2v) is 8.15. The van der Waals surface area contributed by atoms with E-state index in [-0.39, 0.29) is 16.2 Å². The number of carbonyl (C=O) groups excluding carboxylic acids is 1. The molecular formula is C15H20F2N2O3S. The molecule has 0 spiro atoms. The third-order valence-corrected chi connectivity index (χ3v) is 5.91. The van der Waals surface area contributed by atoms with Crippen LogP contribution in [0.2, 0.25) is 0 Å². The molecule has 1 aromatic rings. The molecule has 1 unspecified atom stereocenters. The summed E-state index contributed by atoms with van der Waals surface area (Å²) >= 11 is 0. The zero-order valence-corrected chi connectivity index (χ0v) is 14.1. The fourth-order valence-corrected chi connectivity index (χ4v) is 3.55. The van der Waals surface area contributed by atoms with Crippen LogP contribution in [0.5, 0.6) is 5.75 Å². The summed E-state index contributed by atoms with van der Waals surface area (Å²) in [6.45, 7) is 4.59. The standard InChI is InChI=1S/C15H20F2N2O3S/c1-15(2)4-5-19(6-7-23(15)21)14(20)18-12-8-10(16)11(17)9-13(12)22-3/h8-9H,4-7H2,1-3H3,(H,18,20). The monoisotopic (exact) mass is 346 g/mol. The smallest absolute Gasteiger partial charge is 0.321 e. The largest absolute Gasteiger partial charge is 0.494 e. The van der Waals surface area contributed by atoms with Crippen LogP contribution in [0.3, 0.4) is 0 Å². The Labute approximate surface area is 136 Å². The highest BCUT2D eigenvalue weighted by atomic mass is 32.2. The number of benzene rings is 1. The summed E-state index contributed by atoms with van der Waals surface area (Å²) in [5.74, 6) is -1.70. The van der Waals surface area contributed by atoms with Crippen LogP contribution in [-0.2, 0) is 10.8 Å². The minimum absolute atomic E-state index is 0.0379. The van der Waals surface area contributed by atoms with E-state index < -0.39 is 28.5 Å². The summed E-state index contributed by atoms with van der Waals surface area (Å²) in [5, 5.41) is 2.53. The van der Waals surface area contributed by atoms with Crippen LogP contribution in [0.15, 0.2) is 12.1 Å². The van der Waals surface area contributed by atoms with Crippen molar-refractivity contribution in [1.82, 2.24) is 4.90 Å². The molecule has 1 aliphatic rings. The Morgan fingerprint density at radius 3 is 2.61 bits per heavy atom. The van der Waals surface area contributed by atoms with E-state index in [1.54, 1.807) is 0 Å². The minimum Gasteiger partial charge on any atom is -0.494 e. The molecular weight excluding hydrogens is 326 g/mol. The molecule has 8 heteroatoms. The van der Waals surface area contributed by atoms with Crippen molar-refractivity contribution in [2.75, 3.05) is 31.3 Å². The third kappa shape index (κ3) is 3.99. The molecule has 0 aliphatic carbocycles. The summed E-state index contributed by atoms with van der Waals surface area (Å²) in [6.07, 6.45) is 0.599. The zero-order chi connectivity index (χ0) is 17.2. The quantitative estimate of drug-likeness (QED) is 0.896. The van der Waals surface area contributed by atoms with Gasteiger partial charge in [-0.05, 0) is 20.3 Å². The lowest BCUT2D eigenvalue weighted by Crippen LogP contribution is -2.37. The molecule has 1 aromatic carbocycles. The molecule has 1 fully saturated rings. The van der Waals surface area contributed by atoms with Crippen LogP contribution in [0.4, 0.5) is 19.3 Å². The van der Waals surface area contributed by atoms with Crippen molar-refractivity contribution in [1.29, 1.82) is 0 Å². The van der Waals surface area contributed by atoms with Crippen LogP contribution in [0.1, 0.15) is 20.3 Å². The summed E-state index contributed by atoms with van der Waals surface area (Å²) in [5.41, 5.74) is 0.0565. The van der Waals surface area contributed by atoms with E-state index in [1.165, 1.54) is 12.0 Å². The van der Waals surface area contributed by atoms with Crippen LogP contribution in [0, 0.1) is 11.6 Å². The molecule has 5 nitrogen and oxygen atoms in total. The number of carbonyl (C=O) groups is 1. The zero-order valence-electron chi connectivity index (χ0n) is 13.3. The summed E-state index contributed by atoms with van der Waals surface area (Å²) < 4.78 is 43.3. The minimum atomic E-state index is -1.07. The van der Waals surface area contributed by atoms with Crippen molar-refractivity contribution in [2.24, 2.45) is 0 Å². The normalized spacial score (nSPS) is 20.7. The molecule has 1 N–H and O–H groups in total. The second-order valence-electron chi connectivity index (χ2n) is 5.94. The van der Waals surface area contributed by atoms with Gasteiger partial charge in [0.1, 0.15) is 5.75 Å². The Bertz CT molecular complexity index is 637. The molecule has 1 heterocycles. The highest BCUT2D eigenvalue weighted by Crippen LogP contribution is 2.28. The number of urea groups is 1. The second kappa shape index (κ2) is 6.82. The van der Waals surface area contributed by atoms with E-state index in [1.807, 2.05) is 13.8 Å². The summed E-state index contributed by atoms with van der Waals surface area (Å²) in [6, 6.07) is 1.31. The Hall–Kier alpha value is -1.70. The maximum Gasteiger partial charge on any atom is 0.321 e. The highest BCUT2D eigenvalue weighted by Gasteiger charge is 2.31. The number of rotatable bonds is 2. The molecule has 0 bridgehead atoms. The number of hydrogen-bond donors (Lipinski definition) is 1. The Morgan fingerprint density at radius 1 is 1.30 bits per heavy atom. The van der Waals surface area contributed by atoms with Crippen molar-refractivity contribution in [3.8, 4) is 5.75 Å². The van der Waals surface area contributed by atoms with E-state index in [0.29, 0.717) is 25.3 Å². The molecule has 0 saturated carbocycles. The number of nitrogens with one attached hydrogen (secondary N) is 1. The molecule has 1 aliphatic heterocycles. The first-order valence-electron chi connectivity index (χ1n) is 7.22. The predicted molar refractivity (Wildman–Crippen MR) is 85.2 cm³/mol. The fourth-order valence-electron chi connectivity index (χ4n) is 2.29. The molecule has 1 saturated heterocycles. The van der Waals surface area contributed by atoms with Gasteiger partial charge in [0.15, 0.2) is 11.6 Å². The van der Waals surface area contributed by atoms with Crippen molar-refractivity contribution >= 4 is 22.5 Å². The van der Waals surface area contributed by atoms with Crippen LogP contribution >= 0.6 is 0 Å². The molecule has 2 rings (SSSR count). The molecule has 0 radical (unpaired) electrons. The Balaban J connectivity index is 2.13. The molecule has 128 valence electrons. The van der Waals surface area contributed by atoms with E-state index in [0.717, 1.165) is 12.1 Å². The van der Waals surface area contributed by atoms with Crippen molar-refractivity contribution < 1.29 is 22.5 Å². The molecule has 2 amide bonds. The lowest BCUT2D eigenvalue weighted by molar-refractivity contribution is 0.214. The first kappa shape index (κ1) is 17.7. The number of amides is 2. The van der Waals surface area contributed by atoms with Gasteiger partial charge in [-0.3, -0.25) is 4.21 Å². The van der Waals surface area contributed by atoms with Gasteiger partial charge in [-0.15, -0.1) is 0 Å². The SMILES string of the molecule is COc1cc(F)c(F)cc1NC(=O)N1CCS(=O)C(C)(C)CC1. The van der Waals surface area contributed by atoms with Crippen LogP contribution in [0.25, 0.3) is 0 Å². The van der Waals surface area contributed by atoms with E-state index in [4.69, 9.17) is 4.74 Å². The molecule has 0 aromatic heterocycles. The van der Waals surface area contributed by atoms with E-state index in [9.17, 15) is 17.8 Å². The number of methoxy groups -OCH3 is 1. The third-order valence-electron chi connectivity index (χ3n) is 3.92. The van der Waals surface area contributed by atoms with Gasteiger partial charge in [-0.2, -0.15) is 0 Å². The topological polar surface area (TPSA) is 58.6 Å². The van der Waals surface area contributed by atoms with Gasteiger partial charge < -0.3 is 15.0 Å². The van der Waals surface area contributed by atoms with Crippen molar-refractivity contribution in [2.45, 2.75) is 25.0 Å². The fraction of sp³-hybridized carbons (Fsp3) is 0.533. The van der Waals surface area contributed by atoms with Gasteiger partial charge in [0.05, 0.1) is 12.8 Å². The average molecular weight is 346 g/mol. The number of halogens is 2. The van der Waals surface area contributed by atoms with Gasteiger partial charge >= 0.3 is 6.03 Å². The molecule has 1 atom stereocenters. The molecule has 23 heavy (non-hydrogen) atoms. The first-order chi connectivity index (χ1) is 10.7. The predicted octanol–water partition coefficient (Wildman–Crippen LogP) is 2.74. The first-order valence-corrected chi connectivity index (χ1v) is 8.54. The summed E-state index contributed by atoms with van der Waals surface area (Å²) in [4.78, 5) is 13.9. The highest BCUT2D eigenvalue weighted by molar-refractivity contribution is 7.86. The average Bonchev–Trinajstić information content (AvgIpc) is 2.62. The Morgan fingerprint density at radius 2 is 1.96 bits per heavy atom. The Kier molecular flexibility index (Phi) is 5.23.